The fourth-order valence-corrected chi connectivity index (χ4v) is 2.11. The molecule has 1 amide bonds. The van der Waals surface area contributed by atoms with Gasteiger partial charge in [-0.25, -0.2) is 0 Å². The lowest BCUT2D eigenvalue weighted by Gasteiger charge is -2.27. The maximum atomic E-state index is 12.6. The number of carbonyl (C=O) groups excluding carboxylic acids is 1. The van der Waals surface area contributed by atoms with Crippen molar-refractivity contribution in [3.63, 3.8) is 0 Å². The molecule has 3 nitrogen and oxygen atoms in total. The molecule has 3 heteroatoms. The van der Waals surface area contributed by atoms with Crippen molar-refractivity contribution in [3.8, 4) is 5.75 Å². The molecule has 0 N–H and O–H groups in total. The minimum atomic E-state index is 0.0554. The monoisotopic (exact) mass is 263 g/mol. The SMILES string of the molecule is COc1ccccc1C(=O)N(CC(C)C)CC(C)C. The van der Waals surface area contributed by atoms with Gasteiger partial charge in [0.25, 0.3) is 5.91 Å². The summed E-state index contributed by atoms with van der Waals surface area (Å²) >= 11 is 0. The second-order valence-corrected chi connectivity index (χ2v) is 5.70. The molecule has 1 aromatic rings. The van der Waals surface area contributed by atoms with Crippen molar-refractivity contribution in [2.24, 2.45) is 11.8 Å². The molecule has 0 aliphatic carbocycles. The van der Waals surface area contributed by atoms with E-state index in [9.17, 15) is 4.79 Å². The van der Waals surface area contributed by atoms with Crippen LogP contribution in [0.4, 0.5) is 0 Å². The van der Waals surface area contributed by atoms with E-state index in [4.69, 9.17) is 4.74 Å². The number of hydrogen-bond donors (Lipinski definition) is 0. The highest BCUT2D eigenvalue weighted by Gasteiger charge is 2.20. The van der Waals surface area contributed by atoms with Gasteiger partial charge in [-0.05, 0) is 24.0 Å². The van der Waals surface area contributed by atoms with Gasteiger partial charge >= 0.3 is 0 Å². The molecule has 1 aromatic carbocycles. The number of ether oxygens (including phenoxy) is 1. The van der Waals surface area contributed by atoms with E-state index in [1.807, 2.05) is 29.2 Å². The van der Waals surface area contributed by atoms with Crippen LogP contribution >= 0.6 is 0 Å². The van der Waals surface area contributed by atoms with Gasteiger partial charge < -0.3 is 9.64 Å². The highest BCUT2D eigenvalue weighted by Crippen LogP contribution is 2.20. The number of hydrogen-bond acceptors (Lipinski definition) is 2. The van der Waals surface area contributed by atoms with Crippen molar-refractivity contribution in [1.29, 1.82) is 0 Å². The molecule has 0 unspecified atom stereocenters. The summed E-state index contributed by atoms with van der Waals surface area (Å²) in [6, 6.07) is 7.41. The predicted molar refractivity (Wildman–Crippen MR) is 78.6 cm³/mol. The highest BCUT2D eigenvalue weighted by atomic mass is 16.5. The van der Waals surface area contributed by atoms with Crippen molar-refractivity contribution >= 4 is 5.91 Å². The van der Waals surface area contributed by atoms with Crippen LogP contribution in [0.2, 0.25) is 0 Å². The average Bonchev–Trinajstić information content (AvgIpc) is 2.36. The van der Waals surface area contributed by atoms with Gasteiger partial charge in [0.2, 0.25) is 0 Å². The number of benzene rings is 1. The number of rotatable bonds is 6. The minimum absolute atomic E-state index is 0.0554. The zero-order chi connectivity index (χ0) is 14.4. The van der Waals surface area contributed by atoms with Crippen LogP contribution in [0, 0.1) is 11.8 Å². The van der Waals surface area contributed by atoms with Gasteiger partial charge in [0.05, 0.1) is 12.7 Å². The van der Waals surface area contributed by atoms with Crippen LogP contribution in [-0.2, 0) is 0 Å². The Morgan fingerprint density at radius 1 is 1.11 bits per heavy atom. The van der Waals surface area contributed by atoms with Gasteiger partial charge in [-0.1, -0.05) is 39.8 Å². The summed E-state index contributed by atoms with van der Waals surface area (Å²) in [6.07, 6.45) is 0. The fourth-order valence-electron chi connectivity index (χ4n) is 2.11. The third kappa shape index (κ3) is 4.58. The number of nitrogens with zero attached hydrogens (tertiary/aromatic N) is 1. The van der Waals surface area contributed by atoms with E-state index in [2.05, 4.69) is 27.7 Å². The molecule has 0 spiro atoms. The van der Waals surface area contributed by atoms with Crippen molar-refractivity contribution in [2.75, 3.05) is 20.2 Å². The fraction of sp³-hybridized carbons (Fsp3) is 0.562. The molecule has 1 rings (SSSR count). The molecule has 0 aromatic heterocycles. The van der Waals surface area contributed by atoms with Crippen LogP contribution in [0.1, 0.15) is 38.1 Å². The zero-order valence-electron chi connectivity index (χ0n) is 12.6. The number of methoxy groups -OCH3 is 1. The Morgan fingerprint density at radius 3 is 2.11 bits per heavy atom. The zero-order valence-corrected chi connectivity index (χ0v) is 12.6. The van der Waals surface area contributed by atoms with Crippen LogP contribution in [0.25, 0.3) is 0 Å². The van der Waals surface area contributed by atoms with E-state index in [0.29, 0.717) is 23.1 Å². The van der Waals surface area contributed by atoms with Gasteiger partial charge in [-0.2, -0.15) is 0 Å². The largest absolute Gasteiger partial charge is 0.496 e. The van der Waals surface area contributed by atoms with E-state index in [1.54, 1.807) is 7.11 Å². The first-order valence-corrected chi connectivity index (χ1v) is 6.88. The van der Waals surface area contributed by atoms with Crippen molar-refractivity contribution < 1.29 is 9.53 Å². The summed E-state index contributed by atoms with van der Waals surface area (Å²) in [5, 5.41) is 0. The average molecular weight is 263 g/mol. The van der Waals surface area contributed by atoms with Crippen LogP contribution in [0.3, 0.4) is 0 Å². The molecule has 0 aliphatic rings. The summed E-state index contributed by atoms with van der Waals surface area (Å²) in [5.74, 6) is 1.61. The lowest BCUT2D eigenvalue weighted by Crippen LogP contribution is -2.37. The van der Waals surface area contributed by atoms with Crippen LogP contribution in [0.15, 0.2) is 24.3 Å². The van der Waals surface area contributed by atoms with Gasteiger partial charge in [-0.3, -0.25) is 4.79 Å². The smallest absolute Gasteiger partial charge is 0.257 e. The standard InChI is InChI=1S/C16H25NO2/c1-12(2)10-17(11-13(3)4)16(18)14-8-6-7-9-15(14)19-5/h6-9,12-13H,10-11H2,1-5H3. The molecule has 0 saturated carbocycles. The summed E-state index contributed by atoms with van der Waals surface area (Å²) in [5.41, 5.74) is 0.645. The quantitative estimate of drug-likeness (QED) is 0.786. The molecule has 106 valence electrons. The van der Waals surface area contributed by atoms with Crippen molar-refractivity contribution in [1.82, 2.24) is 4.90 Å². The van der Waals surface area contributed by atoms with Crippen molar-refractivity contribution in [2.45, 2.75) is 27.7 Å². The first-order valence-electron chi connectivity index (χ1n) is 6.88. The summed E-state index contributed by atoms with van der Waals surface area (Å²) in [7, 11) is 1.60. The van der Waals surface area contributed by atoms with Crippen molar-refractivity contribution in [3.05, 3.63) is 29.8 Å². The van der Waals surface area contributed by atoms with Crippen LogP contribution in [0.5, 0.6) is 5.75 Å². The van der Waals surface area contributed by atoms with Crippen LogP contribution in [-0.4, -0.2) is 31.0 Å². The number of carbonyl (C=O) groups is 1. The predicted octanol–water partition coefficient (Wildman–Crippen LogP) is 3.45. The molecule has 0 radical (unpaired) electrons. The van der Waals surface area contributed by atoms with E-state index in [-0.39, 0.29) is 5.91 Å². The summed E-state index contributed by atoms with van der Waals surface area (Å²) in [4.78, 5) is 14.6. The Hall–Kier alpha value is -1.51. The minimum Gasteiger partial charge on any atom is -0.496 e. The normalized spacial score (nSPS) is 10.9. The molecule has 0 bridgehead atoms. The van der Waals surface area contributed by atoms with E-state index in [1.165, 1.54) is 0 Å². The molecule has 0 aliphatic heterocycles. The second-order valence-electron chi connectivity index (χ2n) is 5.70. The van der Waals surface area contributed by atoms with E-state index >= 15 is 0 Å². The molecule has 0 atom stereocenters. The van der Waals surface area contributed by atoms with E-state index < -0.39 is 0 Å². The van der Waals surface area contributed by atoms with Gasteiger partial charge in [0.15, 0.2) is 0 Å². The molecule has 0 heterocycles. The Morgan fingerprint density at radius 2 is 1.63 bits per heavy atom. The maximum Gasteiger partial charge on any atom is 0.257 e. The van der Waals surface area contributed by atoms with Gasteiger partial charge in [0.1, 0.15) is 5.75 Å². The third-order valence-corrected chi connectivity index (χ3v) is 2.80. The molecule has 0 saturated heterocycles. The van der Waals surface area contributed by atoms with Gasteiger partial charge in [-0.15, -0.1) is 0 Å². The Labute approximate surface area is 116 Å². The summed E-state index contributed by atoms with van der Waals surface area (Å²) in [6.45, 7) is 10.1. The Kier molecular flexibility index (Phi) is 5.87. The molecule has 19 heavy (non-hydrogen) atoms. The number of para-hydroxylation sites is 1. The maximum absolute atomic E-state index is 12.6. The lowest BCUT2D eigenvalue weighted by atomic mass is 10.1. The highest BCUT2D eigenvalue weighted by molar-refractivity contribution is 5.96. The molecular formula is C16H25NO2. The lowest BCUT2D eigenvalue weighted by molar-refractivity contribution is 0.0711. The topological polar surface area (TPSA) is 29.5 Å². The summed E-state index contributed by atoms with van der Waals surface area (Å²) < 4.78 is 5.28. The molecule has 0 fully saturated rings. The first-order chi connectivity index (χ1) is 8.95. The second kappa shape index (κ2) is 7.17. The first kappa shape index (κ1) is 15.5. The van der Waals surface area contributed by atoms with Gasteiger partial charge in [0, 0.05) is 13.1 Å². The Bertz CT molecular complexity index is 403. The van der Waals surface area contributed by atoms with Crippen LogP contribution < -0.4 is 4.74 Å². The Balaban J connectivity index is 2.97. The number of amides is 1. The van der Waals surface area contributed by atoms with E-state index in [0.717, 1.165) is 13.1 Å². The third-order valence-electron chi connectivity index (χ3n) is 2.80. The molecular weight excluding hydrogens is 238 g/mol.